The number of hydrogen-bond acceptors (Lipinski definition) is 6. The van der Waals surface area contributed by atoms with Crippen LogP contribution in [0.4, 0.5) is 10.6 Å². The number of imidazole rings is 1. The number of carbonyl (C=O) groups excluding carboxylic acids is 1. The number of amides is 2. The van der Waals surface area contributed by atoms with E-state index < -0.39 is 0 Å². The molecule has 0 aliphatic carbocycles. The van der Waals surface area contributed by atoms with Crippen LogP contribution in [0.5, 0.6) is 5.75 Å². The molecule has 1 fully saturated rings. The number of fused-ring (bicyclic) bond motifs is 3. The number of urea groups is 1. The Hall–Kier alpha value is -3.07. The first-order chi connectivity index (χ1) is 14.6. The Balaban J connectivity index is 1.47. The minimum absolute atomic E-state index is 0.0269. The number of phenolic OH excluding ortho intramolecular Hbond substituents is 1. The van der Waals surface area contributed by atoms with Gasteiger partial charge in [0.15, 0.2) is 5.82 Å². The predicted octanol–water partition coefficient (Wildman–Crippen LogP) is 2.26. The van der Waals surface area contributed by atoms with Crippen LogP contribution in [0.3, 0.4) is 0 Å². The Morgan fingerprint density at radius 3 is 2.83 bits per heavy atom. The van der Waals surface area contributed by atoms with Gasteiger partial charge in [-0.05, 0) is 31.0 Å². The van der Waals surface area contributed by atoms with E-state index in [0.29, 0.717) is 44.2 Å². The summed E-state index contributed by atoms with van der Waals surface area (Å²) in [6, 6.07) is 5.06. The molecule has 30 heavy (non-hydrogen) atoms. The molecule has 0 spiro atoms. The minimum atomic E-state index is -0.0269. The van der Waals surface area contributed by atoms with Crippen molar-refractivity contribution in [3.05, 3.63) is 24.0 Å². The van der Waals surface area contributed by atoms with Gasteiger partial charge in [-0.1, -0.05) is 6.92 Å². The Bertz CT molecular complexity index is 1060. The fourth-order valence-corrected chi connectivity index (χ4v) is 3.92. The third-order valence-corrected chi connectivity index (χ3v) is 5.46. The van der Waals surface area contributed by atoms with Crippen LogP contribution in [0.1, 0.15) is 25.6 Å². The number of benzene rings is 1. The second-order valence-corrected chi connectivity index (χ2v) is 7.47. The van der Waals surface area contributed by atoms with E-state index in [1.165, 1.54) is 0 Å². The summed E-state index contributed by atoms with van der Waals surface area (Å²) in [4.78, 5) is 23.1. The predicted molar refractivity (Wildman–Crippen MR) is 116 cm³/mol. The minimum Gasteiger partial charge on any atom is -0.508 e. The van der Waals surface area contributed by atoms with Gasteiger partial charge in [0.1, 0.15) is 17.1 Å². The standard InChI is InChI=1S/C21H28N6O3/c1-2-17-25-18-19(15-13-14(28)5-6-16(15)24-20(18)22)27(17)8-4-3-7-23-21(29)26-9-11-30-12-10-26/h5-6,13,28H,2-4,7-12H2,1H3,(H2,22,24)(H,23,29). The van der Waals surface area contributed by atoms with Crippen LogP contribution >= 0.6 is 0 Å². The summed E-state index contributed by atoms with van der Waals surface area (Å²) in [6.45, 7) is 5.91. The molecule has 3 aromatic rings. The lowest BCUT2D eigenvalue weighted by atomic mass is 10.1. The number of carbonyl (C=O) groups is 1. The molecule has 2 amide bonds. The number of unbranched alkanes of at least 4 members (excludes halogenated alkanes) is 1. The van der Waals surface area contributed by atoms with Gasteiger partial charge in [-0.3, -0.25) is 0 Å². The molecule has 1 aliphatic heterocycles. The number of anilines is 1. The quantitative estimate of drug-likeness (QED) is 0.535. The lowest BCUT2D eigenvalue weighted by Gasteiger charge is -2.26. The van der Waals surface area contributed by atoms with Crippen LogP contribution in [-0.4, -0.2) is 63.4 Å². The van der Waals surface area contributed by atoms with E-state index in [9.17, 15) is 9.90 Å². The van der Waals surface area contributed by atoms with Crippen LogP contribution in [0.25, 0.3) is 21.9 Å². The Kier molecular flexibility index (Phi) is 5.89. The summed E-state index contributed by atoms with van der Waals surface area (Å²) in [5.74, 6) is 1.52. The first-order valence-corrected chi connectivity index (χ1v) is 10.5. The third-order valence-electron chi connectivity index (χ3n) is 5.46. The van der Waals surface area contributed by atoms with E-state index in [0.717, 1.165) is 48.1 Å². The molecule has 160 valence electrons. The van der Waals surface area contributed by atoms with Gasteiger partial charge < -0.3 is 30.4 Å². The van der Waals surface area contributed by atoms with Gasteiger partial charge in [-0.15, -0.1) is 0 Å². The number of nitrogen functional groups attached to an aromatic ring is 1. The van der Waals surface area contributed by atoms with E-state index >= 15 is 0 Å². The number of aromatic hydroxyl groups is 1. The molecular weight excluding hydrogens is 384 g/mol. The summed E-state index contributed by atoms with van der Waals surface area (Å²) in [5, 5.41) is 13.8. The molecular formula is C21H28N6O3. The van der Waals surface area contributed by atoms with Crippen molar-refractivity contribution in [2.45, 2.75) is 32.7 Å². The van der Waals surface area contributed by atoms with Crippen LogP contribution in [-0.2, 0) is 17.7 Å². The third kappa shape index (κ3) is 3.97. The number of phenols is 1. The number of morpholine rings is 1. The molecule has 0 bridgehead atoms. The molecule has 9 heteroatoms. The summed E-state index contributed by atoms with van der Waals surface area (Å²) in [6.07, 6.45) is 2.50. The number of nitrogens with one attached hydrogen (secondary N) is 1. The zero-order valence-corrected chi connectivity index (χ0v) is 17.2. The van der Waals surface area contributed by atoms with Crippen LogP contribution in [0.15, 0.2) is 18.2 Å². The Morgan fingerprint density at radius 1 is 1.27 bits per heavy atom. The maximum Gasteiger partial charge on any atom is 0.317 e. The zero-order chi connectivity index (χ0) is 21.1. The second kappa shape index (κ2) is 8.74. The summed E-state index contributed by atoms with van der Waals surface area (Å²) < 4.78 is 7.44. The van der Waals surface area contributed by atoms with Gasteiger partial charge >= 0.3 is 6.03 Å². The number of aryl methyl sites for hydroxylation is 2. The molecule has 1 aliphatic rings. The first-order valence-electron chi connectivity index (χ1n) is 10.5. The number of hydrogen-bond donors (Lipinski definition) is 3. The van der Waals surface area contributed by atoms with Crippen LogP contribution < -0.4 is 11.1 Å². The van der Waals surface area contributed by atoms with E-state index in [-0.39, 0.29) is 11.8 Å². The molecule has 1 aromatic carbocycles. The van der Waals surface area contributed by atoms with Gasteiger partial charge in [-0.25, -0.2) is 14.8 Å². The van der Waals surface area contributed by atoms with Crippen LogP contribution in [0.2, 0.25) is 0 Å². The highest BCUT2D eigenvalue weighted by Gasteiger charge is 2.18. The number of aromatic nitrogens is 3. The van der Waals surface area contributed by atoms with Crippen molar-refractivity contribution in [3.63, 3.8) is 0 Å². The zero-order valence-electron chi connectivity index (χ0n) is 17.2. The van der Waals surface area contributed by atoms with Crippen molar-refractivity contribution in [1.82, 2.24) is 24.8 Å². The highest BCUT2D eigenvalue weighted by atomic mass is 16.5. The second-order valence-electron chi connectivity index (χ2n) is 7.47. The Morgan fingerprint density at radius 2 is 2.07 bits per heavy atom. The summed E-state index contributed by atoms with van der Waals surface area (Å²) in [5.41, 5.74) is 8.48. The molecule has 4 rings (SSSR count). The molecule has 1 saturated heterocycles. The smallest absolute Gasteiger partial charge is 0.317 e. The van der Waals surface area contributed by atoms with Gasteiger partial charge in [0.25, 0.3) is 0 Å². The van der Waals surface area contributed by atoms with Gasteiger partial charge in [-0.2, -0.15) is 0 Å². The van der Waals surface area contributed by atoms with Crippen molar-refractivity contribution in [3.8, 4) is 5.75 Å². The van der Waals surface area contributed by atoms with Crippen molar-refractivity contribution >= 4 is 33.8 Å². The topological polar surface area (TPSA) is 119 Å². The molecule has 2 aromatic heterocycles. The van der Waals surface area contributed by atoms with Gasteiger partial charge in [0, 0.05) is 38.0 Å². The summed E-state index contributed by atoms with van der Waals surface area (Å²) in [7, 11) is 0. The van der Waals surface area contributed by atoms with Crippen molar-refractivity contribution in [2.24, 2.45) is 0 Å². The van der Waals surface area contributed by atoms with E-state index in [1.807, 2.05) is 0 Å². The van der Waals surface area contributed by atoms with Crippen LogP contribution in [0, 0.1) is 0 Å². The highest BCUT2D eigenvalue weighted by Crippen LogP contribution is 2.31. The van der Waals surface area contributed by atoms with Crippen molar-refractivity contribution < 1.29 is 14.6 Å². The fraction of sp³-hybridized carbons (Fsp3) is 0.476. The molecule has 0 saturated carbocycles. The van der Waals surface area contributed by atoms with Gasteiger partial charge in [0.2, 0.25) is 0 Å². The average molecular weight is 412 g/mol. The van der Waals surface area contributed by atoms with Crippen molar-refractivity contribution in [2.75, 3.05) is 38.6 Å². The number of pyridine rings is 1. The highest BCUT2D eigenvalue weighted by molar-refractivity contribution is 6.07. The maximum absolute atomic E-state index is 12.2. The number of nitrogens with zero attached hydrogens (tertiary/aromatic N) is 4. The number of ether oxygens (including phenoxy) is 1. The maximum atomic E-state index is 12.2. The molecule has 0 unspecified atom stereocenters. The molecule has 0 radical (unpaired) electrons. The molecule has 3 heterocycles. The monoisotopic (exact) mass is 412 g/mol. The summed E-state index contributed by atoms with van der Waals surface area (Å²) >= 11 is 0. The number of nitrogens with two attached hydrogens (primary N) is 1. The Labute approximate surface area is 174 Å². The van der Waals surface area contributed by atoms with E-state index in [4.69, 9.17) is 15.5 Å². The fourth-order valence-electron chi connectivity index (χ4n) is 3.92. The molecule has 9 nitrogen and oxygen atoms in total. The van der Waals surface area contributed by atoms with E-state index in [1.54, 1.807) is 23.1 Å². The average Bonchev–Trinajstić information content (AvgIpc) is 3.14. The molecule has 0 atom stereocenters. The van der Waals surface area contributed by atoms with Gasteiger partial charge in [0.05, 0.1) is 24.2 Å². The SMILES string of the molecule is CCc1nc2c(N)nc3ccc(O)cc3c2n1CCCCNC(=O)N1CCOCC1. The lowest BCUT2D eigenvalue weighted by molar-refractivity contribution is 0.0532. The molecule has 4 N–H and O–H groups in total. The van der Waals surface area contributed by atoms with E-state index in [2.05, 4.69) is 21.8 Å². The lowest BCUT2D eigenvalue weighted by Crippen LogP contribution is -2.46. The largest absolute Gasteiger partial charge is 0.508 e. The first kappa shape index (κ1) is 20.2. The number of rotatable bonds is 6. The van der Waals surface area contributed by atoms with Crippen molar-refractivity contribution in [1.29, 1.82) is 0 Å². The normalized spacial score (nSPS) is 14.5.